The van der Waals surface area contributed by atoms with Crippen molar-refractivity contribution in [1.29, 1.82) is 0 Å². The summed E-state index contributed by atoms with van der Waals surface area (Å²) in [5.41, 5.74) is -0.912. The summed E-state index contributed by atoms with van der Waals surface area (Å²) in [4.78, 5) is 26.2. The van der Waals surface area contributed by atoms with Crippen LogP contribution in [-0.2, 0) is 9.47 Å². The van der Waals surface area contributed by atoms with Crippen molar-refractivity contribution >= 4 is 12.2 Å². The molecule has 2 atom stereocenters. The standard InChI is InChI=1S/C10H19NO4.C9H17NO2/c1-10(2,3)15-9(14)11-5-8(13)4-7(11)6-12;1-9(2,3)12-8(11)10-6-4-5-7-10/h7-8,12-13H,4-6H2,1-3H3;4-7H2,1-3H3/t7-,8+;/m0./s1. The van der Waals surface area contributed by atoms with Crippen molar-refractivity contribution < 1.29 is 29.3 Å². The van der Waals surface area contributed by atoms with Gasteiger partial charge in [0.2, 0.25) is 0 Å². The summed E-state index contributed by atoms with van der Waals surface area (Å²) in [7, 11) is 0. The van der Waals surface area contributed by atoms with Crippen molar-refractivity contribution in [2.75, 3.05) is 26.2 Å². The molecule has 0 aromatic heterocycles. The highest BCUT2D eigenvalue weighted by Gasteiger charge is 2.36. The molecule has 0 radical (unpaired) electrons. The van der Waals surface area contributed by atoms with Gasteiger partial charge in [0.15, 0.2) is 0 Å². The number of aliphatic hydroxyl groups is 2. The molecule has 2 fully saturated rings. The number of rotatable bonds is 1. The molecular formula is C19H36N2O6. The number of aliphatic hydroxyl groups excluding tert-OH is 2. The van der Waals surface area contributed by atoms with E-state index in [1.165, 1.54) is 4.90 Å². The van der Waals surface area contributed by atoms with Crippen molar-refractivity contribution in [2.45, 2.75) is 84.2 Å². The van der Waals surface area contributed by atoms with E-state index < -0.39 is 17.8 Å². The second kappa shape index (κ2) is 9.59. The van der Waals surface area contributed by atoms with E-state index in [9.17, 15) is 14.7 Å². The summed E-state index contributed by atoms with van der Waals surface area (Å²) in [6, 6.07) is -0.324. The first-order chi connectivity index (χ1) is 12.3. The smallest absolute Gasteiger partial charge is 0.410 e. The first kappa shape index (κ1) is 23.5. The second-order valence-electron chi connectivity index (χ2n) is 9.03. The van der Waals surface area contributed by atoms with E-state index in [1.54, 1.807) is 25.7 Å². The lowest BCUT2D eigenvalue weighted by atomic mass is 10.2. The highest BCUT2D eigenvalue weighted by molar-refractivity contribution is 5.69. The minimum absolute atomic E-state index is 0.143. The van der Waals surface area contributed by atoms with Crippen LogP contribution in [0.2, 0.25) is 0 Å². The van der Waals surface area contributed by atoms with Crippen LogP contribution < -0.4 is 0 Å². The van der Waals surface area contributed by atoms with E-state index in [4.69, 9.17) is 14.6 Å². The zero-order chi connectivity index (χ0) is 20.8. The number of carbonyl (C=O) groups is 2. The average Bonchev–Trinajstić information content (AvgIpc) is 3.13. The monoisotopic (exact) mass is 388 g/mol. The third kappa shape index (κ3) is 8.79. The zero-order valence-corrected chi connectivity index (χ0v) is 17.5. The Morgan fingerprint density at radius 2 is 1.44 bits per heavy atom. The van der Waals surface area contributed by atoms with Crippen LogP contribution in [0.5, 0.6) is 0 Å². The number of ether oxygens (including phenoxy) is 2. The summed E-state index contributed by atoms with van der Waals surface area (Å²) >= 11 is 0. The number of hydrogen-bond acceptors (Lipinski definition) is 6. The molecule has 0 bridgehead atoms. The predicted molar refractivity (Wildman–Crippen MR) is 101 cm³/mol. The van der Waals surface area contributed by atoms with Crippen LogP contribution in [0, 0.1) is 0 Å². The third-order valence-electron chi connectivity index (χ3n) is 3.99. The molecule has 0 aliphatic carbocycles. The summed E-state index contributed by atoms with van der Waals surface area (Å²) in [5.74, 6) is 0. The highest BCUT2D eigenvalue weighted by atomic mass is 16.6. The number of likely N-dealkylation sites (tertiary alicyclic amines) is 2. The average molecular weight is 389 g/mol. The molecule has 2 rings (SSSR count). The summed E-state index contributed by atoms with van der Waals surface area (Å²) in [5, 5.41) is 18.4. The molecule has 2 heterocycles. The molecule has 0 saturated carbocycles. The van der Waals surface area contributed by atoms with E-state index in [-0.39, 0.29) is 30.9 Å². The van der Waals surface area contributed by atoms with Crippen LogP contribution in [0.4, 0.5) is 9.59 Å². The van der Waals surface area contributed by atoms with E-state index >= 15 is 0 Å². The van der Waals surface area contributed by atoms with Crippen LogP contribution in [0.3, 0.4) is 0 Å². The molecule has 0 unspecified atom stereocenters. The van der Waals surface area contributed by atoms with Gasteiger partial charge in [-0.05, 0) is 60.8 Å². The van der Waals surface area contributed by atoms with Crippen LogP contribution in [0.25, 0.3) is 0 Å². The number of amides is 2. The van der Waals surface area contributed by atoms with Gasteiger partial charge in [0, 0.05) is 13.1 Å². The summed E-state index contributed by atoms with van der Waals surface area (Å²) in [6.45, 7) is 12.8. The molecular weight excluding hydrogens is 352 g/mol. The lowest BCUT2D eigenvalue weighted by Crippen LogP contribution is -2.41. The first-order valence-corrected chi connectivity index (χ1v) is 9.59. The maximum absolute atomic E-state index is 11.7. The fourth-order valence-corrected chi connectivity index (χ4v) is 2.84. The molecule has 158 valence electrons. The van der Waals surface area contributed by atoms with Gasteiger partial charge in [0.1, 0.15) is 11.2 Å². The first-order valence-electron chi connectivity index (χ1n) is 9.59. The van der Waals surface area contributed by atoms with E-state index in [0.717, 1.165) is 25.9 Å². The quantitative estimate of drug-likeness (QED) is 0.715. The van der Waals surface area contributed by atoms with Crippen LogP contribution in [0.1, 0.15) is 60.8 Å². The minimum Gasteiger partial charge on any atom is -0.444 e. The highest BCUT2D eigenvalue weighted by Crippen LogP contribution is 2.20. The fraction of sp³-hybridized carbons (Fsp3) is 0.895. The number of nitrogens with zero attached hydrogens (tertiary/aromatic N) is 2. The zero-order valence-electron chi connectivity index (χ0n) is 17.5. The topological polar surface area (TPSA) is 99.5 Å². The van der Waals surface area contributed by atoms with Crippen LogP contribution in [-0.4, -0.2) is 81.8 Å². The number of carbonyl (C=O) groups excluding carboxylic acids is 2. The van der Waals surface area contributed by atoms with Crippen molar-refractivity contribution in [1.82, 2.24) is 9.80 Å². The third-order valence-corrected chi connectivity index (χ3v) is 3.99. The van der Waals surface area contributed by atoms with Gasteiger partial charge in [-0.2, -0.15) is 0 Å². The maximum atomic E-state index is 11.7. The van der Waals surface area contributed by atoms with Gasteiger partial charge in [-0.3, -0.25) is 0 Å². The number of hydrogen-bond donors (Lipinski definition) is 2. The molecule has 2 amide bonds. The normalized spacial score (nSPS) is 23.0. The molecule has 0 aromatic rings. The largest absolute Gasteiger partial charge is 0.444 e. The van der Waals surface area contributed by atoms with Gasteiger partial charge < -0.3 is 29.5 Å². The Hall–Kier alpha value is -1.54. The van der Waals surface area contributed by atoms with E-state index in [1.807, 2.05) is 20.8 Å². The van der Waals surface area contributed by atoms with Crippen molar-refractivity contribution in [3.63, 3.8) is 0 Å². The lowest BCUT2D eigenvalue weighted by Gasteiger charge is -2.27. The SMILES string of the molecule is CC(C)(C)OC(=O)N1CCCC1.CC(C)(C)OC(=O)N1C[C@H](O)C[C@H]1CO. The fourth-order valence-electron chi connectivity index (χ4n) is 2.84. The molecule has 27 heavy (non-hydrogen) atoms. The van der Waals surface area contributed by atoms with Gasteiger partial charge >= 0.3 is 12.2 Å². The molecule has 2 N–H and O–H groups in total. The van der Waals surface area contributed by atoms with E-state index in [0.29, 0.717) is 6.42 Å². The Morgan fingerprint density at radius 1 is 0.963 bits per heavy atom. The predicted octanol–water partition coefficient (Wildman–Crippen LogP) is 2.37. The van der Waals surface area contributed by atoms with Gasteiger partial charge in [-0.15, -0.1) is 0 Å². The number of β-amino-alcohol motifs (C(OH)–C–C–N with tert-alkyl or cyclic N) is 1. The molecule has 2 aliphatic rings. The van der Waals surface area contributed by atoms with Gasteiger partial charge in [0.25, 0.3) is 0 Å². The van der Waals surface area contributed by atoms with Crippen molar-refractivity contribution in [3.05, 3.63) is 0 Å². The Labute approximate surface area is 162 Å². The summed E-state index contributed by atoms with van der Waals surface area (Å²) < 4.78 is 10.4. The van der Waals surface area contributed by atoms with Gasteiger partial charge in [0.05, 0.1) is 25.3 Å². The van der Waals surface area contributed by atoms with E-state index in [2.05, 4.69) is 0 Å². The van der Waals surface area contributed by atoms with Gasteiger partial charge in [-0.25, -0.2) is 9.59 Å². The molecule has 2 saturated heterocycles. The second-order valence-corrected chi connectivity index (χ2v) is 9.03. The van der Waals surface area contributed by atoms with Gasteiger partial charge in [-0.1, -0.05) is 0 Å². The molecule has 2 aliphatic heterocycles. The molecule has 8 heteroatoms. The molecule has 0 aromatic carbocycles. The van der Waals surface area contributed by atoms with Crippen LogP contribution in [0.15, 0.2) is 0 Å². The van der Waals surface area contributed by atoms with Crippen LogP contribution >= 0.6 is 0 Å². The molecule has 8 nitrogen and oxygen atoms in total. The van der Waals surface area contributed by atoms with Crippen molar-refractivity contribution in [3.8, 4) is 0 Å². The Morgan fingerprint density at radius 3 is 1.89 bits per heavy atom. The minimum atomic E-state index is -0.560. The Balaban J connectivity index is 0.000000277. The lowest BCUT2D eigenvalue weighted by molar-refractivity contribution is 0.0162. The molecule has 0 spiro atoms. The Bertz CT molecular complexity index is 491. The summed E-state index contributed by atoms with van der Waals surface area (Å²) in [6.07, 6.45) is 1.43. The van der Waals surface area contributed by atoms with Crippen molar-refractivity contribution in [2.24, 2.45) is 0 Å². The Kier molecular flexibility index (Phi) is 8.35. The maximum Gasteiger partial charge on any atom is 0.410 e.